The Morgan fingerprint density at radius 2 is 2.33 bits per heavy atom. The quantitative estimate of drug-likeness (QED) is 0.742. The molecule has 0 aromatic heterocycles. The highest BCUT2D eigenvalue weighted by atomic mass is 79.9. The van der Waals surface area contributed by atoms with Crippen LogP contribution < -0.4 is 4.74 Å². The molecule has 0 bridgehead atoms. The third kappa shape index (κ3) is 1.11. The van der Waals surface area contributed by atoms with Gasteiger partial charge in [-0.1, -0.05) is 0 Å². The average Bonchev–Trinajstić information content (AvgIpc) is 2.35. The standard InChI is InChI=1S/C8H6BrFO2/c9-5-1-4-7(11)3-12-8(4)2-6(5)10/h1-2,7,11H,3H2. The maximum Gasteiger partial charge on any atom is 0.141 e. The van der Waals surface area contributed by atoms with Gasteiger partial charge in [0.25, 0.3) is 0 Å². The fraction of sp³-hybridized carbons (Fsp3) is 0.250. The lowest BCUT2D eigenvalue weighted by Gasteiger charge is -2.00. The van der Waals surface area contributed by atoms with Gasteiger partial charge in [-0.15, -0.1) is 0 Å². The van der Waals surface area contributed by atoms with Crippen LogP contribution in [0.25, 0.3) is 0 Å². The minimum atomic E-state index is -0.628. The zero-order valence-electron chi connectivity index (χ0n) is 6.05. The Morgan fingerprint density at radius 3 is 3.08 bits per heavy atom. The van der Waals surface area contributed by atoms with Crippen LogP contribution in [0.15, 0.2) is 16.6 Å². The molecule has 1 aromatic rings. The molecule has 1 unspecified atom stereocenters. The van der Waals surface area contributed by atoms with E-state index in [1.54, 1.807) is 6.07 Å². The van der Waals surface area contributed by atoms with Crippen molar-refractivity contribution in [3.05, 3.63) is 28.0 Å². The third-order valence-electron chi connectivity index (χ3n) is 1.81. The van der Waals surface area contributed by atoms with Crippen molar-refractivity contribution in [3.63, 3.8) is 0 Å². The van der Waals surface area contributed by atoms with Gasteiger partial charge in [0.15, 0.2) is 0 Å². The highest BCUT2D eigenvalue weighted by Gasteiger charge is 2.23. The number of halogens is 2. The lowest BCUT2D eigenvalue weighted by Crippen LogP contribution is -1.97. The van der Waals surface area contributed by atoms with Crippen molar-refractivity contribution in [1.29, 1.82) is 0 Å². The van der Waals surface area contributed by atoms with Crippen LogP contribution in [0.2, 0.25) is 0 Å². The lowest BCUT2D eigenvalue weighted by atomic mass is 10.1. The first kappa shape index (κ1) is 8.01. The summed E-state index contributed by atoms with van der Waals surface area (Å²) in [6.45, 7) is 0.214. The zero-order chi connectivity index (χ0) is 8.72. The van der Waals surface area contributed by atoms with Gasteiger partial charge in [0.05, 0.1) is 4.47 Å². The molecule has 0 fully saturated rings. The third-order valence-corrected chi connectivity index (χ3v) is 2.42. The summed E-state index contributed by atoms with van der Waals surface area (Å²) in [4.78, 5) is 0. The average molecular weight is 233 g/mol. The van der Waals surface area contributed by atoms with Gasteiger partial charge in [-0.25, -0.2) is 4.39 Å². The van der Waals surface area contributed by atoms with Crippen LogP contribution in [0.5, 0.6) is 5.75 Å². The van der Waals surface area contributed by atoms with E-state index in [2.05, 4.69) is 15.9 Å². The second kappa shape index (κ2) is 2.71. The summed E-state index contributed by atoms with van der Waals surface area (Å²) in [6.07, 6.45) is -0.628. The van der Waals surface area contributed by atoms with E-state index < -0.39 is 6.10 Å². The monoisotopic (exact) mass is 232 g/mol. The molecule has 0 amide bonds. The van der Waals surface area contributed by atoms with E-state index in [0.717, 1.165) is 0 Å². The van der Waals surface area contributed by atoms with Crippen LogP contribution in [-0.2, 0) is 0 Å². The molecule has 12 heavy (non-hydrogen) atoms. The van der Waals surface area contributed by atoms with Crippen molar-refractivity contribution in [2.75, 3.05) is 6.61 Å². The predicted octanol–water partition coefficient (Wildman–Crippen LogP) is 2.01. The summed E-state index contributed by atoms with van der Waals surface area (Å²) in [6, 6.07) is 2.82. The van der Waals surface area contributed by atoms with Gasteiger partial charge in [0.1, 0.15) is 24.3 Å². The van der Waals surface area contributed by atoms with E-state index in [4.69, 9.17) is 4.74 Å². The van der Waals surface area contributed by atoms with Crippen LogP contribution in [0, 0.1) is 5.82 Å². The zero-order valence-corrected chi connectivity index (χ0v) is 7.64. The number of hydrogen-bond donors (Lipinski definition) is 1. The largest absolute Gasteiger partial charge is 0.490 e. The topological polar surface area (TPSA) is 29.5 Å². The van der Waals surface area contributed by atoms with Crippen molar-refractivity contribution >= 4 is 15.9 Å². The fourth-order valence-electron chi connectivity index (χ4n) is 1.19. The van der Waals surface area contributed by atoms with E-state index in [0.29, 0.717) is 15.8 Å². The molecule has 1 atom stereocenters. The van der Waals surface area contributed by atoms with E-state index in [1.807, 2.05) is 0 Å². The Morgan fingerprint density at radius 1 is 1.58 bits per heavy atom. The van der Waals surface area contributed by atoms with Gasteiger partial charge in [-0.2, -0.15) is 0 Å². The van der Waals surface area contributed by atoms with Crippen molar-refractivity contribution < 1.29 is 14.2 Å². The molecule has 1 aromatic carbocycles. The molecule has 4 heteroatoms. The summed E-state index contributed by atoms with van der Waals surface area (Å²) in [7, 11) is 0. The van der Waals surface area contributed by atoms with Crippen LogP contribution in [0.1, 0.15) is 11.7 Å². The SMILES string of the molecule is OC1COc2cc(F)c(Br)cc21. The number of hydrogen-bond acceptors (Lipinski definition) is 2. The van der Waals surface area contributed by atoms with E-state index in [1.165, 1.54) is 6.07 Å². The first-order valence-corrected chi connectivity index (χ1v) is 4.27. The summed E-state index contributed by atoms with van der Waals surface area (Å²) >= 11 is 3.03. The molecule has 1 aliphatic heterocycles. The molecule has 0 saturated carbocycles. The van der Waals surface area contributed by atoms with E-state index >= 15 is 0 Å². The minimum Gasteiger partial charge on any atom is -0.490 e. The molecule has 1 aliphatic rings. The number of rotatable bonds is 0. The second-order valence-electron chi connectivity index (χ2n) is 2.63. The molecule has 0 aliphatic carbocycles. The second-order valence-corrected chi connectivity index (χ2v) is 3.49. The Balaban J connectivity index is 2.56. The van der Waals surface area contributed by atoms with Gasteiger partial charge in [0, 0.05) is 11.6 Å². The van der Waals surface area contributed by atoms with Gasteiger partial charge in [-0.3, -0.25) is 0 Å². The molecule has 64 valence electrons. The molecule has 2 nitrogen and oxygen atoms in total. The number of aliphatic hydroxyl groups is 1. The highest BCUT2D eigenvalue weighted by Crippen LogP contribution is 2.35. The maximum atomic E-state index is 12.9. The van der Waals surface area contributed by atoms with Crippen molar-refractivity contribution in [2.24, 2.45) is 0 Å². The summed E-state index contributed by atoms with van der Waals surface area (Å²) < 4.78 is 18.3. The van der Waals surface area contributed by atoms with Gasteiger partial charge in [-0.05, 0) is 22.0 Å². The van der Waals surface area contributed by atoms with Crippen molar-refractivity contribution in [1.82, 2.24) is 0 Å². The van der Waals surface area contributed by atoms with Gasteiger partial charge in [0.2, 0.25) is 0 Å². The number of fused-ring (bicyclic) bond motifs is 1. The number of benzene rings is 1. The molecular weight excluding hydrogens is 227 g/mol. The Hall–Kier alpha value is -0.610. The molecule has 1 heterocycles. The number of ether oxygens (including phenoxy) is 1. The molecular formula is C8H6BrFO2. The number of aliphatic hydroxyl groups excluding tert-OH is 1. The minimum absolute atomic E-state index is 0.214. The highest BCUT2D eigenvalue weighted by molar-refractivity contribution is 9.10. The van der Waals surface area contributed by atoms with Crippen LogP contribution in [0.3, 0.4) is 0 Å². The predicted molar refractivity (Wildman–Crippen MR) is 44.6 cm³/mol. The van der Waals surface area contributed by atoms with E-state index in [9.17, 15) is 9.50 Å². The first-order chi connectivity index (χ1) is 5.68. The van der Waals surface area contributed by atoms with Crippen LogP contribution >= 0.6 is 15.9 Å². The normalized spacial score (nSPS) is 20.4. The summed E-state index contributed by atoms with van der Waals surface area (Å²) in [5.41, 5.74) is 0.642. The first-order valence-electron chi connectivity index (χ1n) is 3.48. The fourth-order valence-corrected chi connectivity index (χ4v) is 1.55. The molecule has 2 rings (SSSR count). The lowest BCUT2D eigenvalue weighted by molar-refractivity contribution is 0.140. The Kier molecular flexibility index (Phi) is 1.81. The Bertz CT molecular complexity index is 327. The van der Waals surface area contributed by atoms with Crippen molar-refractivity contribution in [3.8, 4) is 5.75 Å². The Labute approximate surface area is 77.1 Å². The van der Waals surface area contributed by atoms with Crippen molar-refractivity contribution in [2.45, 2.75) is 6.10 Å². The molecule has 0 spiro atoms. The molecule has 0 saturated heterocycles. The van der Waals surface area contributed by atoms with E-state index in [-0.39, 0.29) is 12.4 Å². The smallest absolute Gasteiger partial charge is 0.141 e. The van der Waals surface area contributed by atoms with Gasteiger partial charge >= 0.3 is 0 Å². The summed E-state index contributed by atoms with van der Waals surface area (Å²) in [5.74, 6) is 0.0612. The molecule has 1 N–H and O–H groups in total. The van der Waals surface area contributed by atoms with Crippen LogP contribution in [-0.4, -0.2) is 11.7 Å². The van der Waals surface area contributed by atoms with Crippen LogP contribution in [0.4, 0.5) is 4.39 Å². The maximum absolute atomic E-state index is 12.9. The summed E-state index contributed by atoms with van der Waals surface area (Å²) in [5, 5.41) is 9.33. The molecule has 0 radical (unpaired) electrons. The van der Waals surface area contributed by atoms with Gasteiger partial charge < -0.3 is 9.84 Å².